The molecule has 6 heteroatoms. The molecule has 2 aromatic rings. The number of aliphatic hydroxyl groups is 1. The van der Waals surface area contributed by atoms with Crippen molar-refractivity contribution < 1.29 is 19.4 Å². The standard InChI is InChI=1S/C23H28BrNO4/c1-17(18-9-11-20(24)12-10-18)25-14-13-23(29-21(25)26,15-22(2,27)16-28-3)19-7-5-4-6-8-19/h4-12,17,27H,13-16H2,1-3H3/t17?,22?,23-/m0/s1. The number of hydrogen-bond acceptors (Lipinski definition) is 4. The number of halogens is 1. The molecule has 0 spiro atoms. The van der Waals surface area contributed by atoms with Crippen LogP contribution in [-0.4, -0.2) is 42.0 Å². The van der Waals surface area contributed by atoms with Crippen molar-refractivity contribution >= 4 is 22.0 Å². The summed E-state index contributed by atoms with van der Waals surface area (Å²) in [6, 6.07) is 17.5. The number of benzene rings is 2. The predicted octanol–water partition coefficient (Wildman–Crippen LogP) is 5.04. The van der Waals surface area contributed by atoms with E-state index in [1.165, 1.54) is 0 Å². The number of nitrogens with zero attached hydrogens (tertiary/aromatic N) is 1. The summed E-state index contributed by atoms with van der Waals surface area (Å²) >= 11 is 3.44. The van der Waals surface area contributed by atoms with Crippen LogP contribution < -0.4 is 0 Å². The fourth-order valence-corrected chi connectivity index (χ4v) is 4.36. The lowest BCUT2D eigenvalue weighted by atomic mass is 9.79. The van der Waals surface area contributed by atoms with E-state index in [-0.39, 0.29) is 25.2 Å². The van der Waals surface area contributed by atoms with Crippen molar-refractivity contribution in [3.8, 4) is 0 Å². The fraction of sp³-hybridized carbons (Fsp3) is 0.435. The monoisotopic (exact) mass is 461 g/mol. The van der Waals surface area contributed by atoms with E-state index in [1.54, 1.807) is 18.9 Å². The van der Waals surface area contributed by atoms with E-state index >= 15 is 0 Å². The SMILES string of the molecule is COCC(C)(O)C[C@]1(c2ccccc2)CCN(C(C)c2ccc(Br)cc2)C(=O)O1. The Labute approximate surface area is 180 Å². The second kappa shape index (κ2) is 8.86. The van der Waals surface area contributed by atoms with Gasteiger partial charge in [0.05, 0.1) is 18.2 Å². The molecular formula is C23H28BrNO4. The molecule has 0 radical (unpaired) electrons. The fourth-order valence-electron chi connectivity index (χ4n) is 4.09. The number of ether oxygens (including phenoxy) is 2. The largest absolute Gasteiger partial charge is 0.438 e. The Hall–Kier alpha value is -1.89. The van der Waals surface area contributed by atoms with Gasteiger partial charge < -0.3 is 19.5 Å². The molecule has 1 fully saturated rings. The maximum Gasteiger partial charge on any atom is 0.411 e. The summed E-state index contributed by atoms with van der Waals surface area (Å²) < 4.78 is 12.3. The number of amides is 1. The molecule has 0 aromatic heterocycles. The van der Waals surface area contributed by atoms with Crippen molar-refractivity contribution in [1.29, 1.82) is 0 Å². The lowest BCUT2D eigenvalue weighted by Crippen LogP contribution is -2.52. The van der Waals surface area contributed by atoms with Gasteiger partial charge in [0.2, 0.25) is 0 Å². The minimum Gasteiger partial charge on any atom is -0.438 e. The Bertz CT molecular complexity index is 825. The van der Waals surface area contributed by atoms with Crippen molar-refractivity contribution in [2.75, 3.05) is 20.3 Å². The van der Waals surface area contributed by atoms with Crippen LogP contribution in [0.5, 0.6) is 0 Å². The maximum atomic E-state index is 13.1. The van der Waals surface area contributed by atoms with Gasteiger partial charge in [-0.05, 0) is 37.1 Å². The van der Waals surface area contributed by atoms with Crippen LogP contribution in [0, 0.1) is 0 Å². The summed E-state index contributed by atoms with van der Waals surface area (Å²) in [5.74, 6) is 0. The summed E-state index contributed by atoms with van der Waals surface area (Å²) in [4.78, 5) is 14.8. The molecule has 1 aliphatic rings. The third-order valence-electron chi connectivity index (χ3n) is 5.52. The first-order chi connectivity index (χ1) is 13.8. The van der Waals surface area contributed by atoms with E-state index in [0.717, 1.165) is 15.6 Å². The molecule has 1 saturated heterocycles. The molecular weight excluding hydrogens is 434 g/mol. The van der Waals surface area contributed by atoms with Crippen molar-refractivity contribution in [2.45, 2.75) is 43.9 Å². The highest BCUT2D eigenvalue weighted by Crippen LogP contribution is 2.42. The van der Waals surface area contributed by atoms with Crippen molar-refractivity contribution in [3.05, 3.63) is 70.2 Å². The smallest absolute Gasteiger partial charge is 0.411 e. The van der Waals surface area contributed by atoms with Gasteiger partial charge >= 0.3 is 6.09 Å². The van der Waals surface area contributed by atoms with E-state index in [2.05, 4.69) is 15.9 Å². The zero-order valence-electron chi connectivity index (χ0n) is 17.1. The highest BCUT2D eigenvalue weighted by Gasteiger charge is 2.47. The molecule has 2 aromatic carbocycles. The van der Waals surface area contributed by atoms with Gasteiger partial charge in [0.15, 0.2) is 0 Å². The molecule has 0 saturated carbocycles. The molecule has 2 unspecified atom stereocenters. The number of cyclic esters (lactones) is 1. The van der Waals surface area contributed by atoms with Crippen molar-refractivity contribution in [3.63, 3.8) is 0 Å². The first-order valence-corrected chi connectivity index (χ1v) is 10.6. The molecule has 156 valence electrons. The molecule has 0 bridgehead atoms. The van der Waals surface area contributed by atoms with Gasteiger partial charge in [-0.25, -0.2) is 4.79 Å². The summed E-state index contributed by atoms with van der Waals surface area (Å²) in [7, 11) is 1.55. The highest BCUT2D eigenvalue weighted by atomic mass is 79.9. The van der Waals surface area contributed by atoms with E-state index in [4.69, 9.17) is 9.47 Å². The molecule has 5 nitrogen and oxygen atoms in total. The van der Waals surface area contributed by atoms with Crippen molar-refractivity contribution in [2.24, 2.45) is 0 Å². The van der Waals surface area contributed by atoms with Gasteiger partial charge in [0.25, 0.3) is 0 Å². The zero-order chi connectivity index (χ0) is 21.1. The Morgan fingerprint density at radius 2 is 1.90 bits per heavy atom. The molecule has 3 atom stereocenters. The number of carbonyl (C=O) groups excluding carboxylic acids is 1. The lowest BCUT2D eigenvalue weighted by Gasteiger charge is -2.46. The minimum absolute atomic E-state index is 0.108. The third-order valence-corrected chi connectivity index (χ3v) is 6.04. The summed E-state index contributed by atoms with van der Waals surface area (Å²) in [5, 5.41) is 10.8. The van der Waals surface area contributed by atoms with Crippen molar-refractivity contribution in [1.82, 2.24) is 4.90 Å². The van der Waals surface area contributed by atoms with Crippen LogP contribution in [0.3, 0.4) is 0 Å². The summed E-state index contributed by atoms with van der Waals surface area (Å²) in [6.07, 6.45) is 0.483. The second-order valence-corrected chi connectivity index (χ2v) is 8.92. The van der Waals surface area contributed by atoms with Gasteiger partial charge in [0.1, 0.15) is 5.60 Å². The van der Waals surface area contributed by atoms with Gasteiger partial charge in [-0.1, -0.05) is 58.4 Å². The molecule has 1 aliphatic heterocycles. The Morgan fingerprint density at radius 3 is 2.48 bits per heavy atom. The summed E-state index contributed by atoms with van der Waals surface area (Å²) in [6.45, 7) is 4.42. The van der Waals surface area contributed by atoms with E-state index in [9.17, 15) is 9.90 Å². The van der Waals surface area contributed by atoms with Gasteiger partial charge in [-0.15, -0.1) is 0 Å². The Morgan fingerprint density at radius 1 is 1.24 bits per heavy atom. The van der Waals surface area contributed by atoms with Gasteiger partial charge in [-0.3, -0.25) is 0 Å². The number of rotatable bonds is 7. The van der Waals surface area contributed by atoms with E-state index < -0.39 is 11.2 Å². The number of carbonyl (C=O) groups is 1. The number of methoxy groups -OCH3 is 1. The third kappa shape index (κ3) is 5.00. The second-order valence-electron chi connectivity index (χ2n) is 8.01. The molecule has 1 amide bonds. The van der Waals surface area contributed by atoms with Crippen LogP contribution in [0.1, 0.15) is 43.9 Å². The van der Waals surface area contributed by atoms with E-state index in [1.807, 2.05) is 61.5 Å². The Kier molecular flexibility index (Phi) is 6.66. The van der Waals surface area contributed by atoms with Gasteiger partial charge in [0, 0.05) is 31.0 Å². The van der Waals surface area contributed by atoms with Gasteiger partial charge in [-0.2, -0.15) is 0 Å². The molecule has 3 rings (SSSR count). The average molecular weight is 462 g/mol. The van der Waals surface area contributed by atoms with Crippen LogP contribution in [0.15, 0.2) is 59.1 Å². The topological polar surface area (TPSA) is 59.0 Å². The van der Waals surface area contributed by atoms with E-state index in [0.29, 0.717) is 13.0 Å². The van der Waals surface area contributed by atoms with Crippen LogP contribution in [0.25, 0.3) is 0 Å². The lowest BCUT2D eigenvalue weighted by molar-refractivity contribution is -0.121. The maximum absolute atomic E-state index is 13.1. The van der Waals surface area contributed by atoms with Crippen LogP contribution in [-0.2, 0) is 15.1 Å². The highest BCUT2D eigenvalue weighted by molar-refractivity contribution is 9.10. The molecule has 0 aliphatic carbocycles. The molecule has 1 N–H and O–H groups in total. The zero-order valence-corrected chi connectivity index (χ0v) is 18.7. The molecule has 1 heterocycles. The molecule has 29 heavy (non-hydrogen) atoms. The van der Waals surface area contributed by atoms with Crippen LogP contribution in [0.4, 0.5) is 4.79 Å². The van der Waals surface area contributed by atoms with Crippen LogP contribution in [0.2, 0.25) is 0 Å². The minimum atomic E-state index is -1.12. The first kappa shape index (κ1) is 21.8. The predicted molar refractivity (Wildman–Crippen MR) is 116 cm³/mol. The van der Waals surface area contributed by atoms with Crippen LogP contribution >= 0.6 is 15.9 Å². The number of hydrogen-bond donors (Lipinski definition) is 1. The first-order valence-electron chi connectivity index (χ1n) is 9.78. The summed E-state index contributed by atoms with van der Waals surface area (Å²) in [5.41, 5.74) is -0.0786. The Balaban J connectivity index is 1.86. The quantitative estimate of drug-likeness (QED) is 0.627. The average Bonchev–Trinajstić information content (AvgIpc) is 2.68. The normalized spacial score (nSPS) is 22.7.